The summed E-state index contributed by atoms with van der Waals surface area (Å²) in [4.78, 5) is 22.7. The van der Waals surface area contributed by atoms with Gasteiger partial charge in [0.2, 0.25) is 5.91 Å². The Bertz CT molecular complexity index is 816. The van der Waals surface area contributed by atoms with E-state index in [-0.39, 0.29) is 23.2 Å². The van der Waals surface area contributed by atoms with Crippen LogP contribution in [-0.4, -0.2) is 33.4 Å². The third-order valence-electron chi connectivity index (χ3n) is 4.42. The van der Waals surface area contributed by atoms with Crippen molar-refractivity contribution in [2.45, 2.75) is 31.7 Å². The number of carbonyl (C=O) groups is 1. The van der Waals surface area contributed by atoms with Crippen LogP contribution < -0.4 is 0 Å². The zero-order valence-corrected chi connectivity index (χ0v) is 13.9. The minimum atomic E-state index is -0.302. The van der Waals surface area contributed by atoms with Crippen molar-refractivity contribution in [2.75, 3.05) is 7.05 Å². The van der Waals surface area contributed by atoms with E-state index < -0.39 is 0 Å². The van der Waals surface area contributed by atoms with Crippen LogP contribution >= 0.6 is 0 Å². The highest BCUT2D eigenvalue weighted by Crippen LogP contribution is 2.36. The van der Waals surface area contributed by atoms with Crippen molar-refractivity contribution < 1.29 is 9.18 Å². The summed E-state index contributed by atoms with van der Waals surface area (Å²) in [5.41, 5.74) is 1.18. The van der Waals surface area contributed by atoms with E-state index in [4.69, 9.17) is 0 Å². The van der Waals surface area contributed by atoms with Crippen molar-refractivity contribution in [2.24, 2.45) is 0 Å². The van der Waals surface area contributed by atoms with Crippen LogP contribution in [0.2, 0.25) is 0 Å². The number of hydrogen-bond acceptors (Lipinski definition) is 3. The van der Waals surface area contributed by atoms with Gasteiger partial charge in [-0.05, 0) is 44.5 Å². The van der Waals surface area contributed by atoms with Gasteiger partial charge < -0.3 is 4.90 Å². The minimum Gasteiger partial charge on any atom is -0.340 e. The number of likely N-dealkylation sites (tertiary alicyclic amines) is 1. The van der Waals surface area contributed by atoms with E-state index in [0.29, 0.717) is 17.8 Å². The first-order chi connectivity index (χ1) is 11.4. The van der Waals surface area contributed by atoms with Crippen LogP contribution in [0.15, 0.2) is 36.7 Å². The largest absolute Gasteiger partial charge is 0.340 e. The molecule has 1 aromatic heterocycles. The van der Waals surface area contributed by atoms with Gasteiger partial charge in [0.15, 0.2) is 0 Å². The molecule has 1 aliphatic heterocycles. The van der Waals surface area contributed by atoms with Crippen molar-refractivity contribution >= 4 is 5.91 Å². The number of hydrogen-bond donors (Lipinski definition) is 0. The molecule has 0 aliphatic carbocycles. The van der Waals surface area contributed by atoms with Crippen molar-refractivity contribution in [3.63, 3.8) is 0 Å². The van der Waals surface area contributed by atoms with Gasteiger partial charge in [0.05, 0.1) is 5.56 Å². The number of halogens is 1. The van der Waals surface area contributed by atoms with E-state index in [1.54, 1.807) is 29.4 Å². The first kappa shape index (κ1) is 16.1. The maximum absolute atomic E-state index is 12.9. The molecule has 0 N–H and O–H groups in total. The van der Waals surface area contributed by atoms with Gasteiger partial charge in [-0.25, -0.2) is 14.4 Å². The molecule has 0 saturated carbocycles. The topological polar surface area (TPSA) is 46.1 Å². The maximum atomic E-state index is 12.9. The third kappa shape index (κ3) is 3.13. The van der Waals surface area contributed by atoms with Gasteiger partial charge in [-0.3, -0.25) is 4.79 Å². The molecule has 1 atom stereocenters. The van der Waals surface area contributed by atoms with Gasteiger partial charge in [-0.1, -0.05) is 11.8 Å². The zero-order chi connectivity index (χ0) is 17.3. The zero-order valence-electron chi connectivity index (χ0n) is 13.9. The van der Waals surface area contributed by atoms with Gasteiger partial charge in [0, 0.05) is 30.5 Å². The number of amides is 1. The smallest absolute Gasteiger partial charge is 0.233 e. The SMILES string of the molecule is CN1C(=O)[C@H](c2ncc(C#Cc3ccc(F)cc3)cn2)CC1(C)C. The second-order valence-corrected chi connectivity index (χ2v) is 6.55. The molecule has 0 radical (unpaired) electrons. The van der Waals surface area contributed by atoms with Crippen LogP contribution in [0.1, 0.15) is 43.1 Å². The van der Waals surface area contributed by atoms with E-state index >= 15 is 0 Å². The molecule has 1 aromatic carbocycles. The van der Waals surface area contributed by atoms with Crippen molar-refractivity contribution in [3.8, 4) is 11.8 Å². The second-order valence-electron chi connectivity index (χ2n) is 6.55. The lowest BCUT2D eigenvalue weighted by Gasteiger charge is -2.26. The Morgan fingerprint density at radius 2 is 1.71 bits per heavy atom. The summed E-state index contributed by atoms with van der Waals surface area (Å²) >= 11 is 0. The molecular formula is C19H18FN3O. The van der Waals surface area contributed by atoms with Gasteiger partial charge >= 0.3 is 0 Å². The van der Waals surface area contributed by atoms with Crippen LogP contribution in [0.3, 0.4) is 0 Å². The van der Waals surface area contributed by atoms with Gasteiger partial charge in [0.25, 0.3) is 0 Å². The summed E-state index contributed by atoms with van der Waals surface area (Å²) in [6, 6.07) is 5.97. The standard InChI is InChI=1S/C19H18FN3O/c1-19(2)10-16(18(24)23(19)3)17-21-11-14(12-22-17)5-4-13-6-8-15(20)9-7-13/h6-9,11-12,16H,10H2,1-3H3/t16-/m0/s1. The predicted octanol–water partition coefficient (Wildman–Crippen LogP) is 2.74. The molecule has 1 fully saturated rings. The van der Waals surface area contributed by atoms with Gasteiger partial charge in [-0.2, -0.15) is 0 Å². The van der Waals surface area contributed by atoms with E-state index in [1.165, 1.54) is 12.1 Å². The van der Waals surface area contributed by atoms with Crippen molar-refractivity contribution in [1.82, 2.24) is 14.9 Å². The molecule has 3 rings (SSSR count). The molecule has 1 saturated heterocycles. The van der Waals surface area contributed by atoms with Crippen LogP contribution in [0.4, 0.5) is 4.39 Å². The lowest BCUT2D eigenvalue weighted by atomic mass is 9.96. The molecule has 24 heavy (non-hydrogen) atoms. The predicted molar refractivity (Wildman–Crippen MR) is 88.6 cm³/mol. The van der Waals surface area contributed by atoms with Gasteiger partial charge in [0.1, 0.15) is 17.6 Å². The van der Waals surface area contributed by atoms with Crippen LogP contribution in [0, 0.1) is 17.7 Å². The second kappa shape index (κ2) is 6.04. The Hall–Kier alpha value is -2.74. The highest BCUT2D eigenvalue weighted by atomic mass is 19.1. The quantitative estimate of drug-likeness (QED) is 0.758. The average molecular weight is 323 g/mol. The number of benzene rings is 1. The fourth-order valence-electron chi connectivity index (χ4n) is 2.72. The fraction of sp³-hybridized carbons (Fsp3) is 0.316. The van der Waals surface area contributed by atoms with Crippen LogP contribution in [0.5, 0.6) is 0 Å². The Morgan fingerprint density at radius 1 is 1.12 bits per heavy atom. The number of rotatable bonds is 1. The Balaban J connectivity index is 1.77. The van der Waals surface area contributed by atoms with E-state index in [2.05, 4.69) is 21.8 Å². The Kier molecular flexibility index (Phi) is 4.06. The van der Waals surface area contributed by atoms with Gasteiger partial charge in [-0.15, -0.1) is 0 Å². The molecule has 5 heteroatoms. The molecule has 1 amide bonds. The molecule has 2 heterocycles. The molecule has 122 valence electrons. The fourth-order valence-corrected chi connectivity index (χ4v) is 2.72. The summed E-state index contributed by atoms with van der Waals surface area (Å²) in [5.74, 6) is 5.86. The summed E-state index contributed by atoms with van der Waals surface area (Å²) < 4.78 is 12.9. The average Bonchev–Trinajstić information content (AvgIpc) is 2.78. The van der Waals surface area contributed by atoms with Crippen LogP contribution in [-0.2, 0) is 4.79 Å². The highest BCUT2D eigenvalue weighted by molar-refractivity contribution is 5.85. The maximum Gasteiger partial charge on any atom is 0.233 e. The molecule has 0 spiro atoms. The van der Waals surface area contributed by atoms with Crippen molar-refractivity contribution in [3.05, 3.63) is 59.4 Å². The monoisotopic (exact) mass is 323 g/mol. The summed E-state index contributed by atoms with van der Waals surface area (Å²) in [5, 5.41) is 0. The number of nitrogens with zero attached hydrogens (tertiary/aromatic N) is 3. The number of aromatic nitrogens is 2. The van der Waals surface area contributed by atoms with E-state index in [9.17, 15) is 9.18 Å². The van der Waals surface area contributed by atoms with E-state index in [0.717, 1.165) is 5.56 Å². The van der Waals surface area contributed by atoms with Crippen molar-refractivity contribution in [1.29, 1.82) is 0 Å². The minimum absolute atomic E-state index is 0.0464. The van der Waals surface area contributed by atoms with Crippen LogP contribution in [0.25, 0.3) is 0 Å². The summed E-state index contributed by atoms with van der Waals surface area (Å²) in [6.45, 7) is 4.07. The third-order valence-corrected chi connectivity index (χ3v) is 4.42. The molecule has 0 unspecified atom stereocenters. The first-order valence-corrected chi connectivity index (χ1v) is 7.74. The summed E-state index contributed by atoms with van der Waals surface area (Å²) in [7, 11) is 1.81. The molecule has 0 bridgehead atoms. The molecule has 1 aliphatic rings. The Labute approximate surface area is 140 Å². The molecule has 4 nitrogen and oxygen atoms in total. The van der Waals surface area contributed by atoms with E-state index in [1.807, 2.05) is 20.9 Å². The summed E-state index contributed by atoms with van der Waals surface area (Å²) in [6.07, 6.45) is 3.94. The lowest BCUT2D eigenvalue weighted by molar-refractivity contribution is -0.130. The molecule has 2 aromatic rings. The number of carbonyl (C=O) groups excluding carboxylic acids is 1. The normalized spacial score (nSPS) is 19.1. The number of likely N-dealkylation sites (N-methyl/N-ethyl adjacent to an activating group) is 1. The first-order valence-electron chi connectivity index (χ1n) is 7.74. The highest BCUT2D eigenvalue weighted by Gasteiger charge is 2.44. The Morgan fingerprint density at radius 3 is 2.25 bits per heavy atom. The molecular weight excluding hydrogens is 305 g/mol. The lowest BCUT2D eigenvalue weighted by Crippen LogP contribution is -2.37.